The quantitative estimate of drug-likeness (QED) is 0.683. The lowest BCUT2D eigenvalue weighted by molar-refractivity contribution is 0.0702. The van der Waals surface area contributed by atoms with Crippen LogP contribution in [0.3, 0.4) is 0 Å². The van der Waals surface area contributed by atoms with E-state index in [1.54, 1.807) is 0 Å². The van der Waals surface area contributed by atoms with Crippen LogP contribution in [-0.4, -0.2) is 36.1 Å². The van der Waals surface area contributed by atoms with E-state index >= 15 is 0 Å². The third-order valence-electron chi connectivity index (χ3n) is 6.82. The molecule has 150 valence electrons. The van der Waals surface area contributed by atoms with E-state index in [-0.39, 0.29) is 5.41 Å². The van der Waals surface area contributed by atoms with Crippen molar-refractivity contribution in [2.24, 2.45) is 17.3 Å². The van der Waals surface area contributed by atoms with Crippen LogP contribution in [0.4, 0.5) is 0 Å². The van der Waals surface area contributed by atoms with Gasteiger partial charge in [-0.3, -0.25) is 0 Å². The number of likely N-dealkylation sites (N-methyl/N-ethyl adjacent to an activating group) is 1. The monoisotopic (exact) mass is 397 g/mol. The second-order valence-corrected chi connectivity index (χ2v) is 10.5. The molecule has 3 aliphatic rings. The van der Waals surface area contributed by atoms with E-state index in [9.17, 15) is 9.90 Å². The number of nitrogens with zero attached hydrogens (tertiary/aromatic N) is 1. The van der Waals surface area contributed by atoms with Crippen molar-refractivity contribution in [3.8, 4) is 11.8 Å². The summed E-state index contributed by atoms with van der Waals surface area (Å²) < 4.78 is 0. The van der Waals surface area contributed by atoms with Gasteiger partial charge in [0.25, 0.3) is 0 Å². The molecular formula is C24H31NO2S. The molecule has 2 fully saturated rings. The normalized spacial score (nSPS) is 27.2. The van der Waals surface area contributed by atoms with Crippen LogP contribution in [-0.2, 0) is 0 Å². The Morgan fingerprint density at radius 2 is 2.00 bits per heavy atom. The molecule has 2 aliphatic carbocycles. The second kappa shape index (κ2) is 7.69. The summed E-state index contributed by atoms with van der Waals surface area (Å²) in [6.45, 7) is 6.51. The Morgan fingerprint density at radius 3 is 2.64 bits per heavy atom. The predicted octanol–water partition coefficient (Wildman–Crippen LogP) is 5.51. The van der Waals surface area contributed by atoms with E-state index in [1.807, 2.05) is 0 Å². The number of carboxylic acid groups (broad SMARTS) is 1. The Kier molecular flexibility index (Phi) is 5.42. The number of hydrogen-bond acceptors (Lipinski definition) is 3. The molecule has 4 rings (SSSR count). The van der Waals surface area contributed by atoms with Crippen molar-refractivity contribution >= 4 is 22.9 Å². The highest BCUT2D eigenvalue weighted by atomic mass is 32.1. The molecule has 2 saturated carbocycles. The first kappa shape index (κ1) is 19.7. The smallest absolute Gasteiger partial charge is 0.346 e. The van der Waals surface area contributed by atoms with Crippen LogP contribution in [0.2, 0.25) is 0 Å². The second-order valence-electron chi connectivity index (χ2n) is 9.42. The molecular weight excluding hydrogens is 366 g/mol. The topological polar surface area (TPSA) is 40.5 Å². The largest absolute Gasteiger partial charge is 0.477 e. The zero-order valence-corrected chi connectivity index (χ0v) is 18.1. The van der Waals surface area contributed by atoms with Crippen molar-refractivity contribution in [3.63, 3.8) is 0 Å². The lowest BCUT2D eigenvalue weighted by Crippen LogP contribution is -2.31. The van der Waals surface area contributed by atoms with Crippen LogP contribution in [0, 0.1) is 29.1 Å². The third-order valence-corrected chi connectivity index (χ3v) is 7.86. The van der Waals surface area contributed by atoms with Gasteiger partial charge in [0.1, 0.15) is 4.88 Å². The van der Waals surface area contributed by atoms with E-state index in [0.29, 0.717) is 10.8 Å². The molecule has 3 nitrogen and oxygen atoms in total. The first-order valence-corrected chi connectivity index (χ1v) is 11.5. The molecule has 1 aromatic heterocycles. The molecule has 0 radical (unpaired) electrons. The van der Waals surface area contributed by atoms with Gasteiger partial charge in [-0.15, -0.1) is 11.3 Å². The standard InChI is InChI=1S/C24H31NO2S/c1-16-4-6-17(7-5-16)21-15-25(3)13-9-19(21)20-14-18(28-22(20)23(26)27)8-10-24(2)11-12-24/h14,16-17H,4-7,9,11-13,15H2,1-3H3,(H,26,27). The van der Waals surface area contributed by atoms with Crippen LogP contribution < -0.4 is 0 Å². The fourth-order valence-electron chi connectivity index (χ4n) is 4.58. The molecule has 1 N–H and O–H groups in total. The van der Waals surface area contributed by atoms with Crippen LogP contribution >= 0.6 is 11.3 Å². The molecule has 28 heavy (non-hydrogen) atoms. The Hall–Kier alpha value is -1.57. The summed E-state index contributed by atoms with van der Waals surface area (Å²) in [5, 5.41) is 9.86. The third kappa shape index (κ3) is 4.21. The summed E-state index contributed by atoms with van der Waals surface area (Å²) in [7, 11) is 2.18. The van der Waals surface area contributed by atoms with Gasteiger partial charge >= 0.3 is 5.97 Å². The Balaban J connectivity index is 1.73. The average molecular weight is 398 g/mol. The number of carboxylic acids is 1. The Morgan fingerprint density at radius 1 is 1.29 bits per heavy atom. The van der Waals surface area contributed by atoms with Gasteiger partial charge in [-0.25, -0.2) is 4.79 Å². The van der Waals surface area contributed by atoms with E-state index < -0.39 is 5.97 Å². The fourth-order valence-corrected chi connectivity index (χ4v) is 5.46. The number of rotatable bonds is 3. The van der Waals surface area contributed by atoms with Gasteiger partial charge in [-0.05, 0) is 75.1 Å². The average Bonchev–Trinajstić information content (AvgIpc) is 3.24. The number of hydrogen-bond donors (Lipinski definition) is 1. The summed E-state index contributed by atoms with van der Waals surface area (Å²) >= 11 is 1.36. The van der Waals surface area contributed by atoms with Gasteiger partial charge < -0.3 is 10.0 Å². The van der Waals surface area contributed by atoms with Gasteiger partial charge in [0.05, 0.1) is 4.88 Å². The first-order chi connectivity index (χ1) is 13.3. The summed E-state index contributed by atoms with van der Waals surface area (Å²) in [5.41, 5.74) is 3.90. The number of aromatic carboxylic acids is 1. The highest BCUT2D eigenvalue weighted by Gasteiger charge is 2.35. The van der Waals surface area contributed by atoms with E-state index in [2.05, 4.69) is 43.7 Å². The number of carbonyl (C=O) groups is 1. The van der Waals surface area contributed by atoms with Crippen molar-refractivity contribution in [1.29, 1.82) is 0 Å². The summed E-state index contributed by atoms with van der Waals surface area (Å²) in [4.78, 5) is 15.8. The summed E-state index contributed by atoms with van der Waals surface area (Å²) in [5.74, 6) is 7.26. The molecule has 0 saturated heterocycles. The molecule has 1 aromatic rings. The van der Waals surface area contributed by atoms with Crippen molar-refractivity contribution < 1.29 is 9.90 Å². The van der Waals surface area contributed by atoms with Crippen LogP contribution in [0.1, 0.15) is 78.9 Å². The van der Waals surface area contributed by atoms with Crippen molar-refractivity contribution in [3.05, 3.63) is 27.0 Å². The van der Waals surface area contributed by atoms with Crippen LogP contribution in [0.5, 0.6) is 0 Å². The molecule has 1 aliphatic heterocycles. The highest BCUT2D eigenvalue weighted by Crippen LogP contribution is 2.45. The fraction of sp³-hybridized carbons (Fsp3) is 0.625. The lowest BCUT2D eigenvalue weighted by Gasteiger charge is -2.35. The SMILES string of the molecule is CC1CCC(C2=C(c3cc(C#CC4(C)CC4)sc3C(=O)O)CCN(C)C2)CC1. The Bertz CT molecular complexity index is 857. The molecule has 0 atom stereocenters. The molecule has 4 heteroatoms. The molecule has 0 aromatic carbocycles. The van der Waals surface area contributed by atoms with Crippen LogP contribution in [0.15, 0.2) is 11.6 Å². The molecule has 0 amide bonds. The minimum atomic E-state index is -0.811. The van der Waals surface area contributed by atoms with Crippen LogP contribution in [0.25, 0.3) is 5.57 Å². The zero-order valence-electron chi connectivity index (χ0n) is 17.3. The first-order valence-electron chi connectivity index (χ1n) is 10.7. The highest BCUT2D eigenvalue weighted by molar-refractivity contribution is 7.14. The van der Waals surface area contributed by atoms with Gasteiger partial charge in [0.15, 0.2) is 0 Å². The van der Waals surface area contributed by atoms with Gasteiger partial charge in [0, 0.05) is 24.1 Å². The van der Waals surface area contributed by atoms with Crippen molar-refractivity contribution in [1.82, 2.24) is 4.90 Å². The van der Waals surface area contributed by atoms with Crippen molar-refractivity contribution in [2.45, 2.75) is 58.8 Å². The Labute approximate surface area is 172 Å². The maximum absolute atomic E-state index is 12.0. The molecule has 0 unspecified atom stereocenters. The van der Waals surface area contributed by atoms with E-state index in [1.165, 1.54) is 48.2 Å². The van der Waals surface area contributed by atoms with Crippen molar-refractivity contribution in [2.75, 3.05) is 20.1 Å². The zero-order chi connectivity index (χ0) is 19.9. The predicted molar refractivity (Wildman–Crippen MR) is 116 cm³/mol. The minimum absolute atomic E-state index is 0.157. The maximum Gasteiger partial charge on any atom is 0.346 e. The van der Waals surface area contributed by atoms with E-state index in [0.717, 1.165) is 48.7 Å². The number of thiophene rings is 1. The summed E-state index contributed by atoms with van der Waals surface area (Å²) in [6, 6.07) is 2.07. The maximum atomic E-state index is 12.0. The molecule has 0 spiro atoms. The lowest BCUT2D eigenvalue weighted by atomic mass is 9.75. The van der Waals surface area contributed by atoms with Gasteiger partial charge in [0.2, 0.25) is 0 Å². The summed E-state index contributed by atoms with van der Waals surface area (Å²) in [6.07, 6.45) is 8.32. The van der Waals surface area contributed by atoms with E-state index in [4.69, 9.17) is 0 Å². The minimum Gasteiger partial charge on any atom is -0.477 e. The van der Waals surface area contributed by atoms with Gasteiger partial charge in [-0.2, -0.15) is 0 Å². The van der Waals surface area contributed by atoms with Gasteiger partial charge in [-0.1, -0.05) is 31.6 Å². The molecule has 0 bridgehead atoms. The molecule has 2 heterocycles.